The van der Waals surface area contributed by atoms with E-state index in [1.807, 2.05) is 31.2 Å². The van der Waals surface area contributed by atoms with Crippen LogP contribution in [0.15, 0.2) is 48.5 Å². The zero-order valence-electron chi connectivity index (χ0n) is 12.8. The Kier molecular flexibility index (Phi) is 3.83. The lowest BCUT2D eigenvalue weighted by atomic mass is 10.0. The number of nitrogens with zero attached hydrogens (tertiary/aromatic N) is 2. The average molecular weight is 322 g/mol. The van der Waals surface area contributed by atoms with Gasteiger partial charge in [-0.05, 0) is 19.1 Å². The number of nitrogens with one attached hydrogen (secondary N) is 1. The van der Waals surface area contributed by atoms with E-state index in [4.69, 9.17) is 5.73 Å². The van der Waals surface area contributed by atoms with Crippen molar-refractivity contribution in [3.63, 3.8) is 0 Å². The van der Waals surface area contributed by atoms with Gasteiger partial charge in [0.05, 0.1) is 4.92 Å². The molecule has 0 radical (unpaired) electrons. The fourth-order valence-electron chi connectivity index (χ4n) is 2.36. The Balaban J connectivity index is 2.01. The number of anilines is 1. The smallest absolute Gasteiger partial charge is 0.269 e. The number of rotatable bonds is 4. The van der Waals surface area contributed by atoms with Crippen molar-refractivity contribution in [2.24, 2.45) is 0 Å². The van der Waals surface area contributed by atoms with E-state index in [0.29, 0.717) is 11.3 Å². The van der Waals surface area contributed by atoms with Crippen LogP contribution in [0.1, 0.15) is 21.6 Å². The first-order chi connectivity index (χ1) is 11.5. The largest absolute Gasteiger partial charge is 0.369 e. The summed E-state index contributed by atoms with van der Waals surface area (Å²) in [5.41, 5.74) is 8.52. The summed E-state index contributed by atoms with van der Waals surface area (Å²) >= 11 is 0. The van der Waals surface area contributed by atoms with Crippen LogP contribution in [0.2, 0.25) is 0 Å². The Hall–Kier alpha value is -3.48. The average Bonchev–Trinajstić information content (AvgIpc) is 2.96. The highest BCUT2D eigenvalue weighted by molar-refractivity contribution is 6.11. The number of nitrogens with two attached hydrogens (primary N) is 1. The third kappa shape index (κ3) is 2.87. The number of hydrogen-bond donors (Lipinski definition) is 2. The third-order valence-corrected chi connectivity index (χ3v) is 3.61. The molecule has 3 aromatic rings. The lowest BCUT2D eigenvalue weighted by Crippen LogP contribution is -2.04. The van der Waals surface area contributed by atoms with Crippen LogP contribution in [-0.4, -0.2) is 20.7 Å². The van der Waals surface area contributed by atoms with Gasteiger partial charge in [0.25, 0.3) is 5.69 Å². The molecule has 3 rings (SSSR count). The molecule has 0 saturated heterocycles. The molecule has 0 atom stereocenters. The van der Waals surface area contributed by atoms with Crippen molar-refractivity contribution in [1.82, 2.24) is 9.97 Å². The molecular weight excluding hydrogens is 308 g/mol. The number of aromatic nitrogens is 2. The molecule has 0 saturated carbocycles. The second-order valence-electron chi connectivity index (χ2n) is 5.34. The van der Waals surface area contributed by atoms with Crippen LogP contribution in [0.5, 0.6) is 0 Å². The molecule has 120 valence electrons. The lowest BCUT2D eigenvalue weighted by molar-refractivity contribution is -0.384. The summed E-state index contributed by atoms with van der Waals surface area (Å²) in [6.07, 6.45) is 0. The molecule has 0 bridgehead atoms. The predicted octanol–water partition coefficient (Wildman–Crippen LogP) is 3.11. The summed E-state index contributed by atoms with van der Waals surface area (Å²) in [6.45, 7) is 1.96. The number of benzene rings is 2. The zero-order chi connectivity index (χ0) is 17.3. The van der Waals surface area contributed by atoms with Crippen LogP contribution in [0, 0.1) is 17.0 Å². The minimum atomic E-state index is -0.514. The molecule has 1 heterocycles. The van der Waals surface area contributed by atoms with Crippen molar-refractivity contribution in [2.75, 3.05) is 5.73 Å². The highest BCUT2D eigenvalue weighted by Crippen LogP contribution is 2.25. The first-order valence-electron chi connectivity index (χ1n) is 7.17. The van der Waals surface area contributed by atoms with Gasteiger partial charge < -0.3 is 10.7 Å². The summed E-state index contributed by atoms with van der Waals surface area (Å²) in [6, 6.07) is 13.0. The van der Waals surface area contributed by atoms with Crippen LogP contribution in [0.4, 0.5) is 11.6 Å². The molecule has 7 heteroatoms. The molecule has 7 nitrogen and oxygen atoms in total. The maximum absolute atomic E-state index is 12.7. The van der Waals surface area contributed by atoms with Gasteiger partial charge in [-0.15, -0.1) is 0 Å². The van der Waals surface area contributed by atoms with Gasteiger partial charge in [-0.3, -0.25) is 14.9 Å². The molecule has 24 heavy (non-hydrogen) atoms. The minimum absolute atomic E-state index is 0.0746. The van der Waals surface area contributed by atoms with Gasteiger partial charge in [0.15, 0.2) is 5.95 Å². The van der Waals surface area contributed by atoms with Crippen LogP contribution < -0.4 is 5.73 Å². The van der Waals surface area contributed by atoms with Crippen molar-refractivity contribution in [1.29, 1.82) is 0 Å². The van der Waals surface area contributed by atoms with Crippen LogP contribution in [0.3, 0.4) is 0 Å². The highest BCUT2D eigenvalue weighted by Gasteiger charge is 2.20. The van der Waals surface area contributed by atoms with Crippen molar-refractivity contribution in [3.8, 4) is 11.3 Å². The number of non-ortho nitro benzene ring substituents is 1. The Labute approximate surface area is 137 Å². The van der Waals surface area contributed by atoms with Gasteiger partial charge in [0.2, 0.25) is 5.78 Å². The zero-order valence-corrected chi connectivity index (χ0v) is 12.8. The summed E-state index contributed by atoms with van der Waals surface area (Å²) in [5.74, 6) is -0.194. The van der Waals surface area contributed by atoms with Gasteiger partial charge in [-0.1, -0.05) is 29.8 Å². The second-order valence-corrected chi connectivity index (χ2v) is 5.34. The van der Waals surface area contributed by atoms with E-state index in [1.54, 1.807) is 0 Å². The van der Waals surface area contributed by atoms with E-state index >= 15 is 0 Å². The fourth-order valence-corrected chi connectivity index (χ4v) is 2.36. The number of hydrogen-bond acceptors (Lipinski definition) is 5. The molecule has 1 aromatic heterocycles. The van der Waals surface area contributed by atoms with Crippen molar-refractivity contribution in [3.05, 3.63) is 75.5 Å². The van der Waals surface area contributed by atoms with E-state index in [0.717, 1.165) is 11.1 Å². The number of H-pyrrole nitrogens is 1. The van der Waals surface area contributed by atoms with Crippen molar-refractivity contribution < 1.29 is 9.72 Å². The van der Waals surface area contributed by atoms with Crippen LogP contribution >= 0.6 is 0 Å². The van der Waals surface area contributed by atoms with Crippen LogP contribution in [0.25, 0.3) is 11.3 Å². The topological polar surface area (TPSA) is 115 Å². The number of carbonyl (C=O) groups excluding carboxylic acids is 1. The summed E-state index contributed by atoms with van der Waals surface area (Å²) < 4.78 is 0. The van der Waals surface area contributed by atoms with Gasteiger partial charge in [-0.25, -0.2) is 4.98 Å². The van der Waals surface area contributed by atoms with Gasteiger partial charge in [0.1, 0.15) is 11.4 Å². The standard InChI is InChI=1S/C17H14N4O3/c1-10-2-4-11(5-3-10)14-15(20-17(18)19-14)16(22)12-6-8-13(9-7-12)21(23)24/h2-9H,1H3,(H3,18,19,20). The molecule has 0 unspecified atom stereocenters. The monoisotopic (exact) mass is 322 g/mol. The predicted molar refractivity (Wildman–Crippen MR) is 89.7 cm³/mol. The molecule has 0 spiro atoms. The summed E-state index contributed by atoms with van der Waals surface area (Å²) in [5, 5.41) is 10.7. The quantitative estimate of drug-likeness (QED) is 0.435. The second kappa shape index (κ2) is 5.96. The summed E-state index contributed by atoms with van der Waals surface area (Å²) in [4.78, 5) is 29.9. The number of nitrogen functional groups attached to an aromatic ring is 1. The summed E-state index contributed by atoms with van der Waals surface area (Å²) in [7, 11) is 0. The SMILES string of the molecule is Cc1ccc(-c2nc(N)[nH]c2C(=O)c2ccc([N+](=O)[O-])cc2)cc1. The molecule has 0 aliphatic heterocycles. The van der Waals surface area contributed by atoms with Crippen LogP contribution in [-0.2, 0) is 0 Å². The Morgan fingerprint density at radius 3 is 2.33 bits per heavy atom. The maximum atomic E-state index is 12.7. The van der Waals surface area contributed by atoms with Gasteiger partial charge in [0, 0.05) is 23.3 Å². The van der Waals surface area contributed by atoms with Gasteiger partial charge >= 0.3 is 0 Å². The number of imidazole rings is 1. The molecule has 0 amide bonds. The molecule has 3 N–H and O–H groups in total. The normalized spacial score (nSPS) is 10.5. The first kappa shape index (κ1) is 15.4. The number of ketones is 1. The van der Waals surface area contributed by atoms with E-state index in [2.05, 4.69) is 9.97 Å². The molecular formula is C17H14N4O3. The number of nitro benzene ring substituents is 1. The molecule has 2 aromatic carbocycles. The third-order valence-electron chi connectivity index (χ3n) is 3.61. The van der Waals surface area contributed by atoms with E-state index in [1.165, 1.54) is 24.3 Å². The Morgan fingerprint density at radius 1 is 1.12 bits per heavy atom. The number of nitro groups is 1. The molecule has 0 aliphatic rings. The van der Waals surface area contributed by atoms with E-state index < -0.39 is 4.92 Å². The van der Waals surface area contributed by atoms with E-state index in [-0.39, 0.29) is 23.1 Å². The molecule has 0 aliphatic carbocycles. The highest BCUT2D eigenvalue weighted by atomic mass is 16.6. The minimum Gasteiger partial charge on any atom is -0.369 e. The molecule has 0 fully saturated rings. The first-order valence-corrected chi connectivity index (χ1v) is 7.17. The van der Waals surface area contributed by atoms with E-state index in [9.17, 15) is 14.9 Å². The Bertz CT molecular complexity index is 912. The Morgan fingerprint density at radius 2 is 1.75 bits per heavy atom. The fraction of sp³-hybridized carbons (Fsp3) is 0.0588. The van der Waals surface area contributed by atoms with Crippen molar-refractivity contribution in [2.45, 2.75) is 6.92 Å². The lowest BCUT2D eigenvalue weighted by Gasteiger charge is -2.03. The number of aromatic amines is 1. The van der Waals surface area contributed by atoms with Gasteiger partial charge in [-0.2, -0.15) is 0 Å². The number of carbonyl (C=O) groups is 1. The van der Waals surface area contributed by atoms with Crippen molar-refractivity contribution >= 4 is 17.4 Å². The number of aryl methyl sites for hydroxylation is 1. The maximum Gasteiger partial charge on any atom is 0.269 e.